The standard InChI is InChI=1S/C18H14/c1-2-7-13-8-6-12-17-15-10-5-4-9-14(15)16(11-3-1)18(13)17/h1-11,17H,12H2/b2-1-,3-1?,7-2?,11-3-,13-7-,16-11?. The molecule has 0 N–H and O–H groups in total. The average molecular weight is 230 g/mol. The molecule has 0 spiro atoms. The summed E-state index contributed by atoms with van der Waals surface area (Å²) in [6.45, 7) is 0. The molecule has 4 rings (SSSR count). The van der Waals surface area contributed by atoms with Crippen LogP contribution < -0.4 is 0 Å². The van der Waals surface area contributed by atoms with Crippen molar-refractivity contribution in [3.63, 3.8) is 0 Å². The Kier molecular flexibility index (Phi) is 2.04. The summed E-state index contributed by atoms with van der Waals surface area (Å²) in [5, 5.41) is 0. The molecule has 0 aliphatic heterocycles. The lowest BCUT2D eigenvalue weighted by Gasteiger charge is -2.20. The fraction of sp³-hybridized carbons (Fsp3) is 0.111. The number of allylic oxidation sites excluding steroid dienone is 10. The molecule has 3 aliphatic rings. The minimum Gasteiger partial charge on any atom is -0.0830 e. The van der Waals surface area contributed by atoms with Crippen molar-refractivity contribution in [3.05, 3.63) is 89.1 Å². The van der Waals surface area contributed by atoms with Crippen molar-refractivity contribution in [1.82, 2.24) is 0 Å². The summed E-state index contributed by atoms with van der Waals surface area (Å²) in [6.07, 6.45) is 16.6. The lowest BCUT2D eigenvalue weighted by atomic mass is 9.83. The van der Waals surface area contributed by atoms with Gasteiger partial charge in [-0.25, -0.2) is 0 Å². The van der Waals surface area contributed by atoms with E-state index in [4.69, 9.17) is 0 Å². The molecule has 0 aromatic heterocycles. The molecule has 1 unspecified atom stereocenters. The van der Waals surface area contributed by atoms with Crippen molar-refractivity contribution >= 4 is 5.57 Å². The van der Waals surface area contributed by atoms with Gasteiger partial charge in [0.15, 0.2) is 0 Å². The van der Waals surface area contributed by atoms with Crippen molar-refractivity contribution in [3.8, 4) is 0 Å². The van der Waals surface area contributed by atoms with Gasteiger partial charge in [-0.3, -0.25) is 0 Å². The Morgan fingerprint density at radius 3 is 2.89 bits per heavy atom. The zero-order valence-electron chi connectivity index (χ0n) is 10.1. The van der Waals surface area contributed by atoms with Gasteiger partial charge in [0.25, 0.3) is 0 Å². The highest BCUT2D eigenvalue weighted by Gasteiger charge is 2.32. The van der Waals surface area contributed by atoms with Crippen LogP contribution in [0.4, 0.5) is 0 Å². The Hall–Kier alpha value is -2.08. The molecule has 0 amide bonds. The molecule has 86 valence electrons. The maximum Gasteiger partial charge on any atom is 0.0142 e. The number of hydrogen-bond donors (Lipinski definition) is 0. The van der Waals surface area contributed by atoms with E-state index in [0.717, 1.165) is 6.42 Å². The highest BCUT2D eigenvalue weighted by Crippen LogP contribution is 2.49. The van der Waals surface area contributed by atoms with Gasteiger partial charge in [-0.15, -0.1) is 0 Å². The van der Waals surface area contributed by atoms with Gasteiger partial charge in [-0.05, 0) is 34.3 Å². The second-order valence-corrected chi connectivity index (χ2v) is 4.97. The van der Waals surface area contributed by atoms with E-state index in [2.05, 4.69) is 66.8 Å². The molecular weight excluding hydrogens is 216 g/mol. The third-order valence-corrected chi connectivity index (χ3v) is 4.01. The molecule has 0 saturated heterocycles. The minimum atomic E-state index is 0.559. The smallest absolute Gasteiger partial charge is 0.0142 e. The summed E-state index contributed by atoms with van der Waals surface area (Å²) in [7, 11) is 0. The first-order valence-corrected chi connectivity index (χ1v) is 6.50. The lowest BCUT2D eigenvalue weighted by molar-refractivity contribution is 0.823. The predicted molar refractivity (Wildman–Crippen MR) is 76.2 cm³/mol. The molecule has 0 fully saturated rings. The van der Waals surface area contributed by atoms with Gasteiger partial charge in [-0.1, -0.05) is 66.8 Å². The lowest BCUT2D eigenvalue weighted by Crippen LogP contribution is -2.04. The zero-order valence-corrected chi connectivity index (χ0v) is 10.1. The van der Waals surface area contributed by atoms with E-state index in [0.29, 0.717) is 5.92 Å². The van der Waals surface area contributed by atoms with Crippen LogP contribution in [-0.4, -0.2) is 0 Å². The van der Waals surface area contributed by atoms with Gasteiger partial charge in [0.1, 0.15) is 0 Å². The first-order valence-electron chi connectivity index (χ1n) is 6.50. The quantitative estimate of drug-likeness (QED) is 0.613. The van der Waals surface area contributed by atoms with E-state index >= 15 is 0 Å². The summed E-state index contributed by atoms with van der Waals surface area (Å²) in [4.78, 5) is 0. The molecule has 0 saturated carbocycles. The first kappa shape index (κ1) is 9.90. The van der Waals surface area contributed by atoms with Crippen LogP contribution in [0.3, 0.4) is 0 Å². The Bertz CT molecular complexity index is 663. The second-order valence-electron chi connectivity index (χ2n) is 4.97. The number of rotatable bonds is 0. The Morgan fingerprint density at radius 1 is 0.944 bits per heavy atom. The van der Waals surface area contributed by atoms with Gasteiger partial charge in [0.05, 0.1) is 0 Å². The van der Waals surface area contributed by atoms with E-state index in [1.54, 1.807) is 0 Å². The van der Waals surface area contributed by atoms with Crippen molar-refractivity contribution < 1.29 is 0 Å². The van der Waals surface area contributed by atoms with E-state index in [-0.39, 0.29) is 0 Å². The normalized spacial score (nSPS) is 29.8. The van der Waals surface area contributed by atoms with Crippen LogP contribution >= 0.6 is 0 Å². The van der Waals surface area contributed by atoms with Crippen molar-refractivity contribution in [2.24, 2.45) is 0 Å². The second kappa shape index (κ2) is 3.71. The average Bonchev–Trinajstić information content (AvgIpc) is 2.70. The summed E-state index contributed by atoms with van der Waals surface area (Å²) in [5.74, 6) is 0.559. The predicted octanol–water partition coefficient (Wildman–Crippen LogP) is 4.55. The van der Waals surface area contributed by atoms with E-state index < -0.39 is 0 Å². The van der Waals surface area contributed by atoms with Crippen molar-refractivity contribution in [1.29, 1.82) is 0 Å². The van der Waals surface area contributed by atoms with Crippen LogP contribution in [0.25, 0.3) is 5.57 Å². The zero-order chi connectivity index (χ0) is 11.9. The summed E-state index contributed by atoms with van der Waals surface area (Å²) >= 11 is 0. The minimum absolute atomic E-state index is 0.559. The third kappa shape index (κ3) is 1.26. The monoisotopic (exact) mass is 230 g/mol. The summed E-state index contributed by atoms with van der Waals surface area (Å²) in [6, 6.07) is 8.83. The van der Waals surface area contributed by atoms with Gasteiger partial charge in [0.2, 0.25) is 0 Å². The molecule has 1 atom stereocenters. The van der Waals surface area contributed by atoms with Gasteiger partial charge < -0.3 is 0 Å². The number of fused-ring (bicyclic) bond motifs is 3. The van der Waals surface area contributed by atoms with Gasteiger partial charge >= 0.3 is 0 Å². The molecule has 0 heterocycles. The maximum absolute atomic E-state index is 2.30. The Labute approximate surface area is 107 Å². The topological polar surface area (TPSA) is 0 Å². The van der Waals surface area contributed by atoms with Crippen LogP contribution in [0.5, 0.6) is 0 Å². The highest BCUT2D eigenvalue weighted by atomic mass is 14.3. The van der Waals surface area contributed by atoms with Gasteiger partial charge in [0, 0.05) is 5.92 Å². The maximum atomic E-state index is 2.30. The van der Waals surface area contributed by atoms with Crippen molar-refractivity contribution in [2.45, 2.75) is 12.3 Å². The number of benzene rings is 1. The van der Waals surface area contributed by atoms with Crippen LogP contribution in [-0.2, 0) is 0 Å². The van der Waals surface area contributed by atoms with E-state index in [1.807, 2.05) is 0 Å². The fourth-order valence-electron chi connectivity index (χ4n) is 3.26. The van der Waals surface area contributed by atoms with Crippen LogP contribution in [0, 0.1) is 0 Å². The summed E-state index contributed by atoms with van der Waals surface area (Å²) in [5.41, 5.74) is 7.20. The SMILES string of the molecule is C1=C/C2=C/C=C\C=C/C3=C2C(C1)c1ccccc13. The van der Waals surface area contributed by atoms with E-state index in [9.17, 15) is 0 Å². The first-order chi connectivity index (χ1) is 8.95. The molecule has 0 heteroatoms. The molecule has 18 heavy (non-hydrogen) atoms. The third-order valence-electron chi connectivity index (χ3n) is 4.01. The van der Waals surface area contributed by atoms with Crippen LogP contribution in [0.1, 0.15) is 23.5 Å². The molecule has 3 aliphatic carbocycles. The Morgan fingerprint density at radius 2 is 1.89 bits per heavy atom. The fourth-order valence-corrected chi connectivity index (χ4v) is 3.26. The summed E-state index contributed by atoms with van der Waals surface area (Å²) < 4.78 is 0. The molecular formula is C18H14. The molecule has 0 bridgehead atoms. The number of hydrogen-bond acceptors (Lipinski definition) is 0. The highest BCUT2D eigenvalue weighted by molar-refractivity contribution is 5.89. The van der Waals surface area contributed by atoms with Crippen molar-refractivity contribution in [2.75, 3.05) is 0 Å². The Balaban J connectivity index is 2.04. The molecule has 1 aromatic carbocycles. The molecule has 0 radical (unpaired) electrons. The molecule has 1 aromatic rings. The van der Waals surface area contributed by atoms with Gasteiger partial charge in [-0.2, -0.15) is 0 Å². The van der Waals surface area contributed by atoms with Crippen LogP contribution in [0.15, 0.2) is 77.9 Å². The largest absolute Gasteiger partial charge is 0.0830 e. The molecule has 0 nitrogen and oxygen atoms in total. The van der Waals surface area contributed by atoms with E-state index in [1.165, 1.54) is 27.8 Å². The van der Waals surface area contributed by atoms with Crippen LogP contribution in [0.2, 0.25) is 0 Å².